The summed E-state index contributed by atoms with van der Waals surface area (Å²) in [5.41, 5.74) is 1.27. The number of amides is 1. The van der Waals surface area contributed by atoms with E-state index in [1.54, 1.807) is 18.2 Å². The maximum absolute atomic E-state index is 12.0. The second-order valence-electron chi connectivity index (χ2n) is 4.47. The number of nitrogens with one attached hydrogen (secondary N) is 1. The van der Waals surface area contributed by atoms with Crippen LogP contribution in [0.5, 0.6) is 5.75 Å². The molecule has 1 aliphatic rings. The SMILES string of the molecule is Cc1ccc(O)c(C(=O)NC2CCOC2C)c1. The molecule has 1 aromatic rings. The first kappa shape index (κ1) is 11.9. The standard InChI is InChI=1S/C13H17NO3/c1-8-3-4-12(15)10(7-8)13(16)14-11-5-6-17-9(11)2/h3-4,7,9,11,15H,5-6H2,1-2H3,(H,14,16). The number of ether oxygens (including phenoxy) is 1. The predicted molar refractivity (Wildman–Crippen MR) is 64.1 cm³/mol. The summed E-state index contributed by atoms with van der Waals surface area (Å²) in [6, 6.07) is 5.03. The Labute approximate surface area is 101 Å². The van der Waals surface area contributed by atoms with E-state index >= 15 is 0 Å². The number of hydrogen-bond donors (Lipinski definition) is 2. The highest BCUT2D eigenvalue weighted by Gasteiger charge is 2.26. The summed E-state index contributed by atoms with van der Waals surface area (Å²) in [6.07, 6.45) is 0.852. The first-order valence-corrected chi connectivity index (χ1v) is 5.80. The van der Waals surface area contributed by atoms with E-state index in [-0.39, 0.29) is 23.8 Å². The Morgan fingerprint density at radius 1 is 1.53 bits per heavy atom. The first-order chi connectivity index (χ1) is 8.08. The van der Waals surface area contributed by atoms with Gasteiger partial charge in [-0.1, -0.05) is 11.6 Å². The van der Waals surface area contributed by atoms with Crippen molar-refractivity contribution in [1.29, 1.82) is 0 Å². The van der Waals surface area contributed by atoms with Crippen LogP contribution in [0.3, 0.4) is 0 Å². The predicted octanol–water partition coefficient (Wildman–Crippen LogP) is 1.61. The van der Waals surface area contributed by atoms with Crippen LogP contribution in [0.25, 0.3) is 0 Å². The van der Waals surface area contributed by atoms with Gasteiger partial charge in [0.25, 0.3) is 5.91 Å². The smallest absolute Gasteiger partial charge is 0.255 e. The average molecular weight is 235 g/mol. The average Bonchev–Trinajstić information content (AvgIpc) is 2.68. The Hall–Kier alpha value is -1.55. The molecule has 17 heavy (non-hydrogen) atoms. The fourth-order valence-corrected chi connectivity index (χ4v) is 2.00. The van der Waals surface area contributed by atoms with Crippen LogP contribution >= 0.6 is 0 Å². The molecule has 0 radical (unpaired) electrons. The number of rotatable bonds is 2. The summed E-state index contributed by atoms with van der Waals surface area (Å²) in [5.74, 6) is -0.229. The normalized spacial score (nSPS) is 23.6. The van der Waals surface area contributed by atoms with Gasteiger partial charge >= 0.3 is 0 Å². The molecule has 0 bridgehead atoms. The van der Waals surface area contributed by atoms with Gasteiger partial charge in [0, 0.05) is 6.61 Å². The number of carbonyl (C=O) groups excluding carboxylic acids is 1. The molecule has 2 rings (SSSR count). The number of hydrogen-bond acceptors (Lipinski definition) is 3. The molecule has 2 atom stereocenters. The van der Waals surface area contributed by atoms with Gasteiger partial charge in [-0.25, -0.2) is 0 Å². The van der Waals surface area contributed by atoms with Gasteiger partial charge in [-0.15, -0.1) is 0 Å². The zero-order chi connectivity index (χ0) is 12.4. The number of benzene rings is 1. The van der Waals surface area contributed by atoms with Crippen LogP contribution < -0.4 is 5.32 Å². The van der Waals surface area contributed by atoms with Crippen LogP contribution in [0.2, 0.25) is 0 Å². The number of phenols is 1. The molecule has 1 amide bonds. The molecule has 4 heteroatoms. The highest BCUT2D eigenvalue weighted by atomic mass is 16.5. The molecular formula is C13H17NO3. The van der Waals surface area contributed by atoms with Crippen molar-refractivity contribution in [2.24, 2.45) is 0 Å². The highest BCUT2D eigenvalue weighted by Crippen LogP contribution is 2.19. The molecule has 4 nitrogen and oxygen atoms in total. The van der Waals surface area contributed by atoms with Gasteiger partial charge in [0.15, 0.2) is 0 Å². The Balaban J connectivity index is 2.11. The van der Waals surface area contributed by atoms with Gasteiger partial charge < -0.3 is 15.2 Å². The van der Waals surface area contributed by atoms with Gasteiger partial charge in [0.2, 0.25) is 0 Å². The largest absolute Gasteiger partial charge is 0.507 e. The minimum absolute atomic E-state index is 0.0136. The van der Waals surface area contributed by atoms with Crippen molar-refractivity contribution in [2.45, 2.75) is 32.4 Å². The van der Waals surface area contributed by atoms with E-state index in [0.29, 0.717) is 12.2 Å². The fraction of sp³-hybridized carbons (Fsp3) is 0.462. The second-order valence-corrected chi connectivity index (χ2v) is 4.47. The Morgan fingerprint density at radius 2 is 2.29 bits per heavy atom. The summed E-state index contributed by atoms with van der Waals surface area (Å²) >= 11 is 0. The van der Waals surface area contributed by atoms with Crippen LogP contribution in [-0.4, -0.2) is 29.8 Å². The molecule has 0 saturated carbocycles. The molecule has 1 saturated heterocycles. The molecule has 0 aliphatic carbocycles. The lowest BCUT2D eigenvalue weighted by molar-refractivity contribution is 0.0864. The minimum atomic E-state index is -0.242. The van der Waals surface area contributed by atoms with E-state index in [2.05, 4.69) is 5.32 Å². The van der Waals surface area contributed by atoms with Crippen LogP contribution in [0.15, 0.2) is 18.2 Å². The molecule has 92 valence electrons. The van der Waals surface area contributed by atoms with E-state index in [4.69, 9.17) is 4.74 Å². The molecular weight excluding hydrogens is 218 g/mol. The fourth-order valence-electron chi connectivity index (χ4n) is 2.00. The van der Waals surface area contributed by atoms with Crippen molar-refractivity contribution in [3.63, 3.8) is 0 Å². The second kappa shape index (κ2) is 4.75. The van der Waals surface area contributed by atoms with E-state index in [0.717, 1.165) is 12.0 Å². The van der Waals surface area contributed by atoms with Gasteiger partial charge in [-0.2, -0.15) is 0 Å². The third-order valence-electron chi connectivity index (χ3n) is 3.09. The van der Waals surface area contributed by atoms with E-state index in [1.165, 1.54) is 0 Å². The monoisotopic (exact) mass is 235 g/mol. The summed E-state index contributed by atoms with van der Waals surface area (Å²) < 4.78 is 5.38. The molecule has 0 aromatic heterocycles. The van der Waals surface area contributed by atoms with Crippen molar-refractivity contribution >= 4 is 5.91 Å². The number of carbonyl (C=O) groups is 1. The van der Waals surface area contributed by atoms with Crippen LogP contribution in [0.4, 0.5) is 0 Å². The lowest BCUT2D eigenvalue weighted by Crippen LogP contribution is -2.39. The topological polar surface area (TPSA) is 58.6 Å². The van der Waals surface area contributed by atoms with Crippen LogP contribution in [-0.2, 0) is 4.74 Å². The van der Waals surface area contributed by atoms with Gasteiger partial charge in [0.05, 0.1) is 17.7 Å². The first-order valence-electron chi connectivity index (χ1n) is 5.80. The van der Waals surface area contributed by atoms with Crippen molar-refractivity contribution in [2.75, 3.05) is 6.61 Å². The van der Waals surface area contributed by atoms with E-state index < -0.39 is 0 Å². The van der Waals surface area contributed by atoms with Gasteiger partial charge in [-0.05, 0) is 32.4 Å². The zero-order valence-corrected chi connectivity index (χ0v) is 10.1. The third kappa shape index (κ3) is 2.58. The molecule has 1 fully saturated rings. The highest BCUT2D eigenvalue weighted by molar-refractivity contribution is 5.97. The maximum Gasteiger partial charge on any atom is 0.255 e. The molecule has 1 aromatic carbocycles. The maximum atomic E-state index is 12.0. The lowest BCUT2D eigenvalue weighted by atomic mass is 10.1. The van der Waals surface area contributed by atoms with Crippen molar-refractivity contribution in [3.8, 4) is 5.75 Å². The molecule has 1 aliphatic heterocycles. The molecule has 2 unspecified atom stereocenters. The molecule has 0 spiro atoms. The van der Waals surface area contributed by atoms with E-state index in [9.17, 15) is 9.90 Å². The molecule has 2 N–H and O–H groups in total. The Bertz CT molecular complexity index is 431. The zero-order valence-electron chi connectivity index (χ0n) is 10.1. The Kier molecular flexibility index (Phi) is 3.33. The summed E-state index contributed by atoms with van der Waals surface area (Å²) in [4.78, 5) is 12.0. The quantitative estimate of drug-likeness (QED) is 0.818. The molecule has 1 heterocycles. The summed E-state index contributed by atoms with van der Waals surface area (Å²) in [6.45, 7) is 4.50. The minimum Gasteiger partial charge on any atom is -0.507 e. The number of phenolic OH excluding ortho intramolecular Hbond substituents is 1. The van der Waals surface area contributed by atoms with Crippen molar-refractivity contribution < 1.29 is 14.6 Å². The van der Waals surface area contributed by atoms with E-state index in [1.807, 2.05) is 13.8 Å². The summed E-state index contributed by atoms with van der Waals surface area (Å²) in [7, 11) is 0. The van der Waals surface area contributed by atoms with Crippen molar-refractivity contribution in [1.82, 2.24) is 5.32 Å². The third-order valence-corrected chi connectivity index (χ3v) is 3.09. The number of aromatic hydroxyl groups is 1. The van der Waals surface area contributed by atoms with Gasteiger partial charge in [-0.3, -0.25) is 4.79 Å². The number of aryl methyl sites for hydroxylation is 1. The lowest BCUT2D eigenvalue weighted by Gasteiger charge is -2.16. The van der Waals surface area contributed by atoms with Crippen LogP contribution in [0, 0.1) is 6.92 Å². The summed E-state index contributed by atoms with van der Waals surface area (Å²) in [5, 5.41) is 12.5. The van der Waals surface area contributed by atoms with Crippen molar-refractivity contribution in [3.05, 3.63) is 29.3 Å². The van der Waals surface area contributed by atoms with Gasteiger partial charge in [0.1, 0.15) is 5.75 Å². The Morgan fingerprint density at radius 3 is 2.94 bits per heavy atom. The van der Waals surface area contributed by atoms with Crippen LogP contribution in [0.1, 0.15) is 29.3 Å².